The van der Waals surface area contributed by atoms with E-state index in [0.717, 1.165) is 43.9 Å². The normalized spacial score (nSPS) is 16.2. The first kappa shape index (κ1) is 18.4. The molecule has 1 saturated heterocycles. The van der Waals surface area contributed by atoms with E-state index in [2.05, 4.69) is 27.3 Å². The molecule has 1 aromatic carbocycles. The van der Waals surface area contributed by atoms with E-state index < -0.39 is 0 Å². The molecule has 1 aliphatic heterocycles. The molecule has 26 heavy (non-hydrogen) atoms. The number of benzene rings is 1. The molecule has 7 heteroatoms. The van der Waals surface area contributed by atoms with Crippen LogP contribution in [0.4, 0.5) is 0 Å². The molecule has 3 rings (SSSR count). The third-order valence-electron chi connectivity index (χ3n) is 4.56. The van der Waals surface area contributed by atoms with Gasteiger partial charge in [0.25, 0.3) is 0 Å². The largest absolute Gasteiger partial charge is 0.497 e. The summed E-state index contributed by atoms with van der Waals surface area (Å²) in [6.07, 6.45) is 1.09. The fourth-order valence-corrected chi connectivity index (χ4v) is 3.01. The minimum Gasteiger partial charge on any atom is -0.497 e. The van der Waals surface area contributed by atoms with Gasteiger partial charge < -0.3 is 19.5 Å². The van der Waals surface area contributed by atoms with Gasteiger partial charge in [0.05, 0.1) is 20.2 Å². The van der Waals surface area contributed by atoms with Crippen LogP contribution in [-0.4, -0.2) is 67.7 Å². The van der Waals surface area contributed by atoms with E-state index in [1.807, 2.05) is 30.3 Å². The molecule has 1 fully saturated rings. The molecule has 0 radical (unpaired) electrons. The lowest BCUT2D eigenvalue weighted by Gasteiger charge is -2.19. The second-order valence-corrected chi connectivity index (χ2v) is 6.62. The Labute approximate surface area is 153 Å². The number of hydrogen-bond donors (Lipinski definition) is 1. The highest BCUT2D eigenvalue weighted by Gasteiger charge is 2.15. The van der Waals surface area contributed by atoms with Crippen LogP contribution in [0.3, 0.4) is 0 Å². The Morgan fingerprint density at radius 2 is 2.15 bits per heavy atom. The van der Waals surface area contributed by atoms with Gasteiger partial charge in [-0.05, 0) is 38.7 Å². The van der Waals surface area contributed by atoms with Crippen LogP contribution in [0, 0.1) is 0 Å². The maximum Gasteiger partial charge on any atom is 0.234 e. The predicted molar refractivity (Wildman–Crippen MR) is 98.9 cm³/mol. The van der Waals surface area contributed by atoms with E-state index in [-0.39, 0.29) is 5.91 Å². The molecule has 0 aliphatic carbocycles. The average molecular weight is 358 g/mol. The summed E-state index contributed by atoms with van der Waals surface area (Å²) in [5.74, 6) is 1.43. The number of carbonyl (C=O) groups excluding carboxylic acids is 1. The van der Waals surface area contributed by atoms with Gasteiger partial charge in [0.15, 0.2) is 5.76 Å². The Kier molecular flexibility index (Phi) is 6.25. The lowest BCUT2D eigenvalue weighted by atomic mass is 10.1. The summed E-state index contributed by atoms with van der Waals surface area (Å²) in [7, 11) is 3.75. The second kappa shape index (κ2) is 8.82. The molecule has 0 saturated carbocycles. The van der Waals surface area contributed by atoms with Crippen molar-refractivity contribution in [3.8, 4) is 17.1 Å². The minimum atomic E-state index is 0.0143. The zero-order valence-electron chi connectivity index (χ0n) is 15.4. The molecular formula is C19H26N4O3. The highest BCUT2D eigenvalue weighted by Crippen LogP contribution is 2.24. The van der Waals surface area contributed by atoms with Crippen LogP contribution in [0.25, 0.3) is 11.3 Å². The summed E-state index contributed by atoms with van der Waals surface area (Å²) < 4.78 is 10.6. The number of ether oxygens (including phenoxy) is 1. The highest BCUT2D eigenvalue weighted by molar-refractivity contribution is 5.78. The first-order valence-corrected chi connectivity index (χ1v) is 8.91. The quantitative estimate of drug-likeness (QED) is 0.846. The maximum atomic E-state index is 12.2. The summed E-state index contributed by atoms with van der Waals surface area (Å²) in [5.41, 5.74) is 1.59. The van der Waals surface area contributed by atoms with Gasteiger partial charge in [-0.15, -0.1) is 0 Å². The molecule has 2 heterocycles. The fraction of sp³-hybridized carbons (Fsp3) is 0.474. The molecule has 2 aromatic rings. The van der Waals surface area contributed by atoms with Crippen LogP contribution < -0.4 is 10.1 Å². The van der Waals surface area contributed by atoms with Gasteiger partial charge >= 0.3 is 0 Å². The predicted octanol–water partition coefficient (Wildman–Crippen LogP) is 1.60. The number of hydrogen-bond acceptors (Lipinski definition) is 6. The maximum absolute atomic E-state index is 12.2. The van der Waals surface area contributed by atoms with Crippen molar-refractivity contribution in [3.63, 3.8) is 0 Å². The number of methoxy groups -OCH3 is 1. The van der Waals surface area contributed by atoms with Gasteiger partial charge in [0, 0.05) is 24.7 Å². The Morgan fingerprint density at radius 1 is 1.27 bits per heavy atom. The van der Waals surface area contributed by atoms with Crippen molar-refractivity contribution in [2.24, 2.45) is 0 Å². The van der Waals surface area contributed by atoms with Crippen LogP contribution in [-0.2, 0) is 11.3 Å². The number of likely N-dealkylation sites (N-methyl/N-ethyl adjacent to an activating group) is 1. The Balaban J connectivity index is 1.50. The minimum absolute atomic E-state index is 0.0143. The summed E-state index contributed by atoms with van der Waals surface area (Å²) in [5, 5.41) is 6.96. The summed E-state index contributed by atoms with van der Waals surface area (Å²) in [4.78, 5) is 16.7. The van der Waals surface area contributed by atoms with E-state index in [1.54, 1.807) is 7.11 Å². The van der Waals surface area contributed by atoms with Gasteiger partial charge in [0.1, 0.15) is 11.4 Å². The third kappa shape index (κ3) is 5.06. The molecule has 1 aromatic heterocycles. The Hall–Kier alpha value is -2.38. The van der Waals surface area contributed by atoms with Crippen molar-refractivity contribution in [3.05, 3.63) is 36.0 Å². The molecular weight excluding hydrogens is 332 g/mol. The molecule has 7 nitrogen and oxygen atoms in total. The van der Waals surface area contributed by atoms with Gasteiger partial charge in [-0.3, -0.25) is 9.69 Å². The van der Waals surface area contributed by atoms with Crippen molar-refractivity contribution in [1.29, 1.82) is 0 Å². The summed E-state index contributed by atoms with van der Waals surface area (Å²) in [6, 6.07) is 9.44. The van der Waals surface area contributed by atoms with Gasteiger partial charge in [-0.2, -0.15) is 0 Å². The standard InChI is InChI=1S/C19H26N4O3/c1-22-7-4-8-23(10-9-22)14-19(24)20-13-16-12-18(26-21-16)15-5-3-6-17(11-15)25-2/h3,5-6,11-12H,4,7-10,13-14H2,1-2H3,(H,20,24). The molecule has 0 bridgehead atoms. The third-order valence-corrected chi connectivity index (χ3v) is 4.56. The lowest BCUT2D eigenvalue weighted by Crippen LogP contribution is -2.38. The fourth-order valence-electron chi connectivity index (χ4n) is 3.01. The van der Waals surface area contributed by atoms with Crippen LogP contribution in [0.5, 0.6) is 5.75 Å². The SMILES string of the molecule is COc1cccc(-c2cc(CNC(=O)CN3CCCN(C)CC3)no2)c1. The number of aromatic nitrogens is 1. The number of carbonyl (C=O) groups is 1. The molecule has 0 atom stereocenters. The van der Waals surface area contributed by atoms with Crippen molar-refractivity contribution in [2.45, 2.75) is 13.0 Å². The monoisotopic (exact) mass is 358 g/mol. The van der Waals surface area contributed by atoms with Crippen LogP contribution in [0.15, 0.2) is 34.9 Å². The van der Waals surface area contributed by atoms with Crippen LogP contribution in [0.2, 0.25) is 0 Å². The van der Waals surface area contributed by atoms with Crippen LogP contribution >= 0.6 is 0 Å². The molecule has 1 amide bonds. The Bertz CT molecular complexity index is 731. The topological polar surface area (TPSA) is 70.8 Å². The second-order valence-electron chi connectivity index (χ2n) is 6.62. The lowest BCUT2D eigenvalue weighted by molar-refractivity contribution is -0.122. The van der Waals surface area contributed by atoms with Gasteiger partial charge in [0.2, 0.25) is 5.91 Å². The van der Waals surface area contributed by atoms with Gasteiger partial charge in [-0.1, -0.05) is 17.3 Å². The van der Waals surface area contributed by atoms with Crippen LogP contribution in [0.1, 0.15) is 12.1 Å². The van der Waals surface area contributed by atoms with E-state index >= 15 is 0 Å². The Morgan fingerprint density at radius 3 is 3.00 bits per heavy atom. The van der Waals surface area contributed by atoms with Crippen molar-refractivity contribution in [2.75, 3.05) is 46.9 Å². The summed E-state index contributed by atoms with van der Waals surface area (Å²) in [6.45, 7) is 4.76. The molecule has 0 unspecified atom stereocenters. The van der Waals surface area contributed by atoms with Crippen molar-refractivity contribution in [1.82, 2.24) is 20.3 Å². The average Bonchev–Trinajstić information content (AvgIpc) is 3.04. The van der Waals surface area contributed by atoms with Gasteiger partial charge in [-0.25, -0.2) is 0 Å². The highest BCUT2D eigenvalue weighted by atomic mass is 16.5. The molecule has 0 spiro atoms. The summed E-state index contributed by atoms with van der Waals surface area (Å²) >= 11 is 0. The van der Waals surface area contributed by atoms with E-state index in [0.29, 0.717) is 24.5 Å². The number of nitrogens with one attached hydrogen (secondary N) is 1. The first-order chi connectivity index (χ1) is 12.6. The van der Waals surface area contributed by atoms with Crippen molar-refractivity contribution < 1.29 is 14.1 Å². The molecule has 1 N–H and O–H groups in total. The van der Waals surface area contributed by atoms with Crippen molar-refractivity contribution >= 4 is 5.91 Å². The van der Waals surface area contributed by atoms with E-state index in [9.17, 15) is 4.79 Å². The molecule has 140 valence electrons. The van der Waals surface area contributed by atoms with E-state index in [4.69, 9.17) is 9.26 Å². The first-order valence-electron chi connectivity index (χ1n) is 8.91. The zero-order chi connectivity index (χ0) is 18.4. The molecule has 1 aliphatic rings. The number of rotatable bonds is 6. The smallest absolute Gasteiger partial charge is 0.234 e. The number of amides is 1. The van der Waals surface area contributed by atoms with E-state index in [1.165, 1.54) is 0 Å². The number of nitrogens with zero attached hydrogens (tertiary/aromatic N) is 3. The zero-order valence-corrected chi connectivity index (χ0v) is 15.4.